The molecule has 2 nitrogen and oxygen atoms in total. The second-order valence-electron chi connectivity index (χ2n) is 4.69. The number of ketones is 1. The second-order valence-corrected chi connectivity index (χ2v) is 7.03. The number of Topliss-reactive ketones (excluding diaryl/α,β-unsaturated/α-hetero) is 1. The lowest BCUT2D eigenvalue weighted by molar-refractivity contribution is 0.0901. The molecule has 0 aliphatic carbocycles. The minimum atomic E-state index is 0.202. The monoisotopic (exact) mass is 327 g/mol. The van der Waals surface area contributed by atoms with Gasteiger partial charge < -0.3 is 0 Å². The van der Waals surface area contributed by atoms with Crippen LogP contribution in [-0.2, 0) is 0 Å². The quantitative estimate of drug-likeness (QED) is 0.793. The molecule has 1 aliphatic heterocycles. The normalized spacial score (nSPS) is 25.1. The summed E-state index contributed by atoms with van der Waals surface area (Å²) in [4.78, 5) is 14.6. The number of halogens is 1. The number of thioether (sulfide) groups is 1. The van der Waals surface area contributed by atoms with E-state index in [1.54, 1.807) is 0 Å². The van der Waals surface area contributed by atoms with Crippen LogP contribution in [0.3, 0.4) is 0 Å². The number of hydrogen-bond donors (Lipinski definition) is 0. The van der Waals surface area contributed by atoms with E-state index in [1.165, 1.54) is 0 Å². The van der Waals surface area contributed by atoms with Crippen molar-refractivity contribution in [1.82, 2.24) is 4.90 Å². The van der Waals surface area contributed by atoms with E-state index < -0.39 is 0 Å². The van der Waals surface area contributed by atoms with Crippen molar-refractivity contribution in [1.29, 1.82) is 0 Å². The van der Waals surface area contributed by atoms with Gasteiger partial charge in [-0.15, -0.1) is 0 Å². The molecular weight excluding hydrogens is 310 g/mol. The van der Waals surface area contributed by atoms with Crippen LogP contribution in [0.5, 0.6) is 0 Å². The molecule has 18 heavy (non-hydrogen) atoms. The van der Waals surface area contributed by atoms with Crippen LogP contribution in [0.4, 0.5) is 0 Å². The average molecular weight is 328 g/mol. The Bertz CT molecular complexity index is 438. The largest absolute Gasteiger partial charge is 0.293 e. The second kappa shape index (κ2) is 6.22. The molecule has 1 aromatic carbocycles. The smallest absolute Gasteiger partial charge is 0.177 e. The zero-order valence-electron chi connectivity index (χ0n) is 10.7. The Labute approximate surface area is 121 Å². The highest BCUT2D eigenvalue weighted by molar-refractivity contribution is 9.10. The number of carbonyl (C=O) groups excluding carboxylic acids is 1. The van der Waals surface area contributed by atoms with Gasteiger partial charge in [0.05, 0.1) is 6.54 Å². The molecule has 98 valence electrons. The van der Waals surface area contributed by atoms with Crippen LogP contribution in [-0.4, -0.2) is 40.8 Å². The Kier molecular flexibility index (Phi) is 4.87. The maximum Gasteiger partial charge on any atom is 0.177 e. The summed E-state index contributed by atoms with van der Waals surface area (Å²) in [5.41, 5.74) is 0.788. The third kappa shape index (κ3) is 3.16. The van der Waals surface area contributed by atoms with Crippen molar-refractivity contribution < 1.29 is 4.79 Å². The van der Waals surface area contributed by atoms with Gasteiger partial charge in [-0.3, -0.25) is 9.69 Å². The van der Waals surface area contributed by atoms with Crippen LogP contribution in [0.15, 0.2) is 28.7 Å². The Morgan fingerprint density at radius 1 is 1.44 bits per heavy atom. The van der Waals surface area contributed by atoms with E-state index in [-0.39, 0.29) is 5.78 Å². The number of hydrogen-bond acceptors (Lipinski definition) is 3. The Hall–Kier alpha value is -0.320. The van der Waals surface area contributed by atoms with Gasteiger partial charge in [0.25, 0.3) is 0 Å². The lowest BCUT2D eigenvalue weighted by Crippen LogP contribution is -2.46. The molecule has 2 rings (SSSR count). The summed E-state index contributed by atoms with van der Waals surface area (Å²) in [6, 6.07) is 8.12. The minimum Gasteiger partial charge on any atom is -0.293 e. The van der Waals surface area contributed by atoms with E-state index in [0.29, 0.717) is 17.8 Å². The molecule has 0 aromatic heterocycles. The summed E-state index contributed by atoms with van der Waals surface area (Å²) >= 11 is 5.44. The molecule has 1 saturated heterocycles. The zero-order valence-corrected chi connectivity index (χ0v) is 13.1. The van der Waals surface area contributed by atoms with Gasteiger partial charge in [-0.1, -0.05) is 41.1 Å². The van der Waals surface area contributed by atoms with Gasteiger partial charge >= 0.3 is 0 Å². The lowest BCUT2D eigenvalue weighted by atomic mass is 10.1. The molecule has 0 radical (unpaired) electrons. The molecule has 1 fully saturated rings. The van der Waals surface area contributed by atoms with E-state index in [2.05, 4.69) is 34.7 Å². The van der Waals surface area contributed by atoms with Gasteiger partial charge in [-0.2, -0.15) is 11.8 Å². The molecule has 2 atom stereocenters. The number of carbonyl (C=O) groups is 1. The molecule has 0 bridgehead atoms. The Morgan fingerprint density at radius 2 is 2.17 bits per heavy atom. The number of rotatable bonds is 3. The zero-order chi connectivity index (χ0) is 13.1. The van der Waals surface area contributed by atoms with E-state index in [4.69, 9.17) is 0 Å². The highest BCUT2D eigenvalue weighted by Gasteiger charge is 2.27. The van der Waals surface area contributed by atoms with Crippen molar-refractivity contribution in [2.75, 3.05) is 18.8 Å². The van der Waals surface area contributed by atoms with Crippen LogP contribution in [0.25, 0.3) is 0 Å². The van der Waals surface area contributed by atoms with Gasteiger partial charge in [0.2, 0.25) is 0 Å². The molecule has 4 heteroatoms. The summed E-state index contributed by atoms with van der Waals surface area (Å²) < 4.78 is 0.891. The fourth-order valence-corrected chi connectivity index (χ4v) is 3.84. The summed E-state index contributed by atoms with van der Waals surface area (Å²) in [7, 11) is 0. The predicted molar refractivity (Wildman–Crippen MR) is 81.4 cm³/mol. The van der Waals surface area contributed by atoms with Crippen LogP contribution >= 0.6 is 27.7 Å². The fraction of sp³-hybridized carbons (Fsp3) is 0.500. The van der Waals surface area contributed by atoms with Gasteiger partial charge in [-0.25, -0.2) is 0 Å². The van der Waals surface area contributed by atoms with Crippen molar-refractivity contribution >= 4 is 33.5 Å². The van der Waals surface area contributed by atoms with Crippen molar-refractivity contribution in [3.63, 3.8) is 0 Å². The molecule has 0 saturated carbocycles. The topological polar surface area (TPSA) is 20.3 Å². The average Bonchev–Trinajstić information content (AvgIpc) is 2.35. The first-order valence-corrected chi connectivity index (χ1v) is 8.07. The molecule has 2 unspecified atom stereocenters. The van der Waals surface area contributed by atoms with Crippen molar-refractivity contribution in [3.8, 4) is 0 Å². The maximum atomic E-state index is 12.3. The summed E-state index contributed by atoms with van der Waals surface area (Å²) in [6.07, 6.45) is 0. The lowest BCUT2D eigenvalue weighted by Gasteiger charge is -2.37. The Morgan fingerprint density at radius 3 is 2.89 bits per heavy atom. The van der Waals surface area contributed by atoms with E-state index in [9.17, 15) is 4.79 Å². The van der Waals surface area contributed by atoms with Crippen LogP contribution in [0, 0.1) is 0 Å². The van der Waals surface area contributed by atoms with Crippen LogP contribution in [0.2, 0.25) is 0 Å². The van der Waals surface area contributed by atoms with E-state index >= 15 is 0 Å². The first kappa shape index (κ1) is 14.1. The first-order valence-electron chi connectivity index (χ1n) is 6.23. The maximum absolute atomic E-state index is 12.3. The summed E-state index contributed by atoms with van der Waals surface area (Å²) in [5.74, 6) is 1.32. The summed E-state index contributed by atoms with van der Waals surface area (Å²) in [6.45, 7) is 5.98. The minimum absolute atomic E-state index is 0.202. The standard InChI is InChI=1S/C14H18BrNOS/c1-10-11(2)18-8-7-16(10)9-14(17)12-5-3-4-6-13(12)15/h3-6,10-11H,7-9H2,1-2H3. The molecule has 1 aromatic rings. The van der Waals surface area contributed by atoms with Gasteiger partial charge in [-0.05, 0) is 13.0 Å². The SMILES string of the molecule is CC1SCCN(CC(=O)c2ccccc2Br)C1C. The third-order valence-corrected chi connectivity index (χ3v) is 5.56. The fourth-order valence-electron chi connectivity index (χ4n) is 2.18. The molecule has 1 aliphatic rings. The third-order valence-electron chi connectivity index (χ3n) is 3.54. The molecule has 1 heterocycles. The first-order chi connectivity index (χ1) is 8.59. The van der Waals surface area contributed by atoms with Gasteiger partial charge in [0.1, 0.15) is 0 Å². The highest BCUT2D eigenvalue weighted by Crippen LogP contribution is 2.25. The molecule has 0 amide bonds. The molecular formula is C14H18BrNOS. The highest BCUT2D eigenvalue weighted by atomic mass is 79.9. The van der Waals surface area contributed by atoms with Crippen molar-refractivity contribution in [3.05, 3.63) is 34.3 Å². The van der Waals surface area contributed by atoms with E-state index in [0.717, 1.165) is 22.3 Å². The number of nitrogens with zero attached hydrogens (tertiary/aromatic N) is 1. The number of benzene rings is 1. The van der Waals surface area contributed by atoms with Crippen LogP contribution in [0.1, 0.15) is 24.2 Å². The van der Waals surface area contributed by atoms with Crippen molar-refractivity contribution in [2.24, 2.45) is 0 Å². The van der Waals surface area contributed by atoms with Gasteiger partial charge in [0, 0.05) is 33.6 Å². The predicted octanol–water partition coefficient (Wildman–Crippen LogP) is 3.46. The van der Waals surface area contributed by atoms with Gasteiger partial charge in [0.15, 0.2) is 5.78 Å². The summed E-state index contributed by atoms with van der Waals surface area (Å²) in [5, 5.41) is 0.603. The van der Waals surface area contributed by atoms with Crippen LogP contribution < -0.4 is 0 Å². The van der Waals surface area contributed by atoms with E-state index in [1.807, 2.05) is 36.0 Å². The molecule has 0 spiro atoms. The Balaban J connectivity index is 2.05. The van der Waals surface area contributed by atoms with Crippen molar-refractivity contribution in [2.45, 2.75) is 25.1 Å². The molecule has 0 N–H and O–H groups in total.